The monoisotopic (exact) mass is 390 g/mol. The Morgan fingerprint density at radius 2 is 2.08 bits per heavy atom. The summed E-state index contributed by atoms with van der Waals surface area (Å²) in [7, 11) is 0. The molecule has 7 heteroatoms. The van der Waals surface area contributed by atoms with E-state index >= 15 is 0 Å². The standard InChI is InChI=1S/C17H12BrFN2O3/c1-10-4-2-3-5-12(10)16-20-15(24-21-16)9-23-17(22)13-8-11(19)6-7-14(13)18/h2-8H,9H2,1H3. The zero-order chi connectivity index (χ0) is 17.1. The molecule has 24 heavy (non-hydrogen) atoms. The summed E-state index contributed by atoms with van der Waals surface area (Å²) in [5, 5.41) is 3.88. The number of hydrogen-bond donors (Lipinski definition) is 0. The van der Waals surface area contributed by atoms with Crippen LogP contribution in [0.5, 0.6) is 0 Å². The minimum absolute atomic E-state index is 0.0913. The van der Waals surface area contributed by atoms with Gasteiger partial charge in [0, 0.05) is 10.0 Å². The molecule has 1 heterocycles. The normalized spacial score (nSPS) is 10.6. The van der Waals surface area contributed by atoms with Crippen molar-refractivity contribution in [3.63, 3.8) is 0 Å². The van der Waals surface area contributed by atoms with E-state index in [1.165, 1.54) is 12.1 Å². The second-order valence-corrected chi connectivity index (χ2v) is 5.88. The van der Waals surface area contributed by atoms with Crippen molar-refractivity contribution in [2.24, 2.45) is 0 Å². The van der Waals surface area contributed by atoms with Gasteiger partial charge < -0.3 is 9.26 Å². The molecule has 1 aromatic heterocycles. The molecule has 0 N–H and O–H groups in total. The predicted octanol–water partition coefficient (Wildman–Crippen LogP) is 4.30. The van der Waals surface area contributed by atoms with E-state index in [1.54, 1.807) is 0 Å². The molecule has 0 saturated carbocycles. The summed E-state index contributed by atoms with van der Waals surface area (Å²) in [6, 6.07) is 11.4. The smallest absolute Gasteiger partial charge is 0.339 e. The van der Waals surface area contributed by atoms with E-state index < -0.39 is 11.8 Å². The lowest BCUT2D eigenvalue weighted by Gasteiger charge is -2.04. The maximum Gasteiger partial charge on any atom is 0.339 e. The van der Waals surface area contributed by atoms with Gasteiger partial charge in [0.2, 0.25) is 5.82 Å². The zero-order valence-electron chi connectivity index (χ0n) is 12.6. The van der Waals surface area contributed by atoms with Crippen molar-refractivity contribution >= 4 is 21.9 Å². The van der Waals surface area contributed by atoms with Crippen LogP contribution in [0.15, 0.2) is 51.5 Å². The number of hydrogen-bond acceptors (Lipinski definition) is 5. The SMILES string of the molecule is Cc1ccccc1-c1noc(COC(=O)c2cc(F)ccc2Br)n1. The summed E-state index contributed by atoms with van der Waals surface area (Å²) in [5.74, 6) is -0.623. The van der Waals surface area contributed by atoms with Gasteiger partial charge in [-0.05, 0) is 46.6 Å². The zero-order valence-corrected chi connectivity index (χ0v) is 14.2. The maximum atomic E-state index is 13.2. The third-order valence-electron chi connectivity index (χ3n) is 3.33. The fraction of sp³-hybridized carbons (Fsp3) is 0.118. The first kappa shape index (κ1) is 16.3. The average molecular weight is 391 g/mol. The van der Waals surface area contributed by atoms with Crippen molar-refractivity contribution in [3.05, 3.63) is 69.8 Å². The van der Waals surface area contributed by atoms with E-state index in [0.717, 1.165) is 17.2 Å². The topological polar surface area (TPSA) is 65.2 Å². The molecule has 2 aromatic carbocycles. The predicted molar refractivity (Wildman–Crippen MR) is 87.7 cm³/mol. The molecule has 3 aromatic rings. The number of rotatable bonds is 4. The molecule has 0 aliphatic rings. The van der Waals surface area contributed by atoms with E-state index in [2.05, 4.69) is 26.1 Å². The van der Waals surface area contributed by atoms with Crippen LogP contribution in [0.25, 0.3) is 11.4 Å². The second kappa shape index (κ2) is 6.92. The number of aromatic nitrogens is 2. The summed E-state index contributed by atoms with van der Waals surface area (Å²) < 4.78 is 23.9. The van der Waals surface area contributed by atoms with Gasteiger partial charge in [-0.3, -0.25) is 0 Å². The fourth-order valence-corrected chi connectivity index (χ4v) is 2.51. The fourth-order valence-electron chi connectivity index (χ4n) is 2.11. The van der Waals surface area contributed by atoms with Crippen molar-refractivity contribution < 1.29 is 18.4 Å². The molecule has 0 saturated heterocycles. The molecular weight excluding hydrogens is 379 g/mol. The van der Waals surface area contributed by atoms with Crippen LogP contribution < -0.4 is 0 Å². The third kappa shape index (κ3) is 3.51. The van der Waals surface area contributed by atoms with E-state index in [-0.39, 0.29) is 18.1 Å². The van der Waals surface area contributed by atoms with Gasteiger partial charge in [-0.15, -0.1) is 0 Å². The molecule has 122 valence electrons. The molecule has 0 spiro atoms. The van der Waals surface area contributed by atoms with Crippen LogP contribution in [0.4, 0.5) is 4.39 Å². The molecule has 0 aliphatic carbocycles. The lowest BCUT2D eigenvalue weighted by atomic mass is 10.1. The summed E-state index contributed by atoms with van der Waals surface area (Å²) >= 11 is 3.18. The Morgan fingerprint density at radius 3 is 2.88 bits per heavy atom. The molecule has 0 radical (unpaired) electrons. The van der Waals surface area contributed by atoms with Crippen LogP contribution in [-0.4, -0.2) is 16.1 Å². The van der Waals surface area contributed by atoms with Gasteiger partial charge >= 0.3 is 5.97 Å². The van der Waals surface area contributed by atoms with Crippen molar-refractivity contribution in [1.29, 1.82) is 0 Å². The molecular formula is C17H12BrFN2O3. The quantitative estimate of drug-likeness (QED) is 0.621. The number of carbonyl (C=O) groups excluding carboxylic acids is 1. The number of aryl methyl sites for hydroxylation is 1. The van der Waals surface area contributed by atoms with Gasteiger partial charge in [-0.1, -0.05) is 29.4 Å². The lowest BCUT2D eigenvalue weighted by Crippen LogP contribution is -2.06. The molecule has 5 nitrogen and oxygen atoms in total. The van der Waals surface area contributed by atoms with Crippen LogP contribution in [-0.2, 0) is 11.3 Å². The van der Waals surface area contributed by atoms with Gasteiger partial charge in [0.25, 0.3) is 5.89 Å². The first-order valence-electron chi connectivity index (χ1n) is 7.05. The van der Waals surface area contributed by atoms with Crippen LogP contribution in [0.2, 0.25) is 0 Å². The Hall–Kier alpha value is -2.54. The number of carbonyl (C=O) groups is 1. The van der Waals surface area contributed by atoms with Gasteiger partial charge in [-0.25, -0.2) is 9.18 Å². The Kier molecular flexibility index (Phi) is 4.71. The minimum atomic E-state index is -0.683. The van der Waals surface area contributed by atoms with Crippen LogP contribution in [0.3, 0.4) is 0 Å². The highest BCUT2D eigenvalue weighted by Crippen LogP contribution is 2.21. The summed E-state index contributed by atoms with van der Waals surface area (Å²) in [6.07, 6.45) is 0. The van der Waals surface area contributed by atoms with Crippen molar-refractivity contribution in [2.75, 3.05) is 0 Å². The molecule has 0 amide bonds. The highest BCUT2D eigenvalue weighted by Gasteiger charge is 2.16. The van der Waals surface area contributed by atoms with Crippen LogP contribution in [0.1, 0.15) is 21.8 Å². The number of benzene rings is 2. The van der Waals surface area contributed by atoms with Crippen LogP contribution >= 0.6 is 15.9 Å². The van der Waals surface area contributed by atoms with E-state index in [1.807, 2.05) is 31.2 Å². The molecule has 3 rings (SSSR count). The second-order valence-electron chi connectivity index (χ2n) is 5.03. The highest BCUT2D eigenvalue weighted by molar-refractivity contribution is 9.10. The Bertz CT molecular complexity index is 895. The first-order valence-corrected chi connectivity index (χ1v) is 7.84. The Morgan fingerprint density at radius 1 is 1.29 bits per heavy atom. The molecule has 0 aliphatic heterocycles. The minimum Gasteiger partial charge on any atom is -0.452 e. The van der Waals surface area contributed by atoms with E-state index in [9.17, 15) is 9.18 Å². The number of ether oxygens (including phenoxy) is 1. The number of nitrogens with zero attached hydrogens (tertiary/aromatic N) is 2. The molecule has 0 unspecified atom stereocenters. The van der Waals surface area contributed by atoms with Crippen LogP contribution in [0, 0.1) is 12.7 Å². The Labute approximate surface area is 145 Å². The van der Waals surface area contributed by atoms with Gasteiger partial charge in [0.1, 0.15) is 5.82 Å². The Balaban J connectivity index is 1.71. The third-order valence-corrected chi connectivity index (χ3v) is 4.02. The number of halogens is 2. The average Bonchev–Trinajstić information content (AvgIpc) is 3.04. The van der Waals surface area contributed by atoms with Gasteiger partial charge in [0.15, 0.2) is 6.61 Å². The molecule has 0 bridgehead atoms. The van der Waals surface area contributed by atoms with Gasteiger partial charge in [0.05, 0.1) is 5.56 Å². The van der Waals surface area contributed by atoms with E-state index in [0.29, 0.717) is 10.3 Å². The van der Waals surface area contributed by atoms with Crippen molar-refractivity contribution in [2.45, 2.75) is 13.5 Å². The first-order chi connectivity index (χ1) is 11.5. The number of esters is 1. The maximum absolute atomic E-state index is 13.2. The summed E-state index contributed by atoms with van der Waals surface area (Å²) in [4.78, 5) is 16.2. The molecule has 0 atom stereocenters. The highest BCUT2D eigenvalue weighted by atomic mass is 79.9. The van der Waals surface area contributed by atoms with Gasteiger partial charge in [-0.2, -0.15) is 4.98 Å². The largest absolute Gasteiger partial charge is 0.452 e. The van der Waals surface area contributed by atoms with Crippen molar-refractivity contribution in [1.82, 2.24) is 10.1 Å². The lowest BCUT2D eigenvalue weighted by molar-refractivity contribution is 0.0428. The van der Waals surface area contributed by atoms with E-state index in [4.69, 9.17) is 9.26 Å². The van der Waals surface area contributed by atoms with Crippen molar-refractivity contribution in [3.8, 4) is 11.4 Å². The summed E-state index contributed by atoms with van der Waals surface area (Å²) in [6.45, 7) is 1.74. The molecule has 0 fully saturated rings. The summed E-state index contributed by atoms with van der Waals surface area (Å²) in [5.41, 5.74) is 1.94.